The minimum absolute atomic E-state index is 0. The molecule has 0 saturated carbocycles. The minimum Gasteiger partial charge on any atom is -0.444 e. The Morgan fingerprint density at radius 3 is 2.53 bits per heavy atom. The van der Waals surface area contributed by atoms with Crippen LogP contribution < -0.4 is 10.6 Å². The van der Waals surface area contributed by atoms with Crippen molar-refractivity contribution in [1.29, 1.82) is 0 Å². The van der Waals surface area contributed by atoms with Gasteiger partial charge in [0, 0.05) is 59.0 Å². The molecule has 188 valence electrons. The zero-order chi connectivity index (χ0) is 22.5. The molecule has 9 nitrogen and oxygen atoms in total. The van der Waals surface area contributed by atoms with Crippen LogP contribution in [-0.4, -0.2) is 106 Å². The van der Waals surface area contributed by atoms with E-state index in [1.807, 2.05) is 20.8 Å². The van der Waals surface area contributed by atoms with Crippen LogP contribution in [0.25, 0.3) is 0 Å². The summed E-state index contributed by atoms with van der Waals surface area (Å²) in [5.74, 6) is 0.862. The number of rotatable bonds is 10. The van der Waals surface area contributed by atoms with Gasteiger partial charge in [-0.1, -0.05) is 0 Å². The van der Waals surface area contributed by atoms with Crippen LogP contribution in [0.1, 0.15) is 47.0 Å². The molecule has 0 bridgehead atoms. The van der Waals surface area contributed by atoms with Gasteiger partial charge in [0.05, 0.1) is 12.7 Å². The molecule has 1 amide bonds. The number of piperazine rings is 1. The van der Waals surface area contributed by atoms with Gasteiger partial charge in [0.1, 0.15) is 5.60 Å². The molecule has 0 aliphatic carbocycles. The van der Waals surface area contributed by atoms with Crippen LogP contribution in [0.2, 0.25) is 0 Å². The summed E-state index contributed by atoms with van der Waals surface area (Å²) in [4.78, 5) is 21.0. The van der Waals surface area contributed by atoms with Crippen LogP contribution in [-0.2, 0) is 14.2 Å². The van der Waals surface area contributed by atoms with Gasteiger partial charge in [0.15, 0.2) is 5.96 Å². The highest BCUT2D eigenvalue weighted by Crippen LogP contribution is 2.12. The average Bonchev–Trinajstić information content (AvgIpc) is 3.23. The second-order valence-corrected chi connectivity index (χ2v) is 9.06. The van der Waals surface area contributed by atoms with Crippen molar-refractivity contribution in [2.45, 2.75) is 58.7 Å². The van der Waals surface area contributed by atoms with E-state index >= 15 is 0 Å². The van der Waals surface area contributed by atoms with E-state index in [2.05, 4.69) is 27.4 Å². The minimum atomic E-state index is -0.441. The van der Waals surface area contributed by atoms with Crippen molar-refractivity contribution in [2.24, 2.45) is 4.99 Å². The first kappa shape index (κ1) is 29.2. The molecular weight excluding hydrogens is 525 g/mol. The molecule has 2 aliphatic heterocycles. The summed E-state index contributed by atoms with van der Waals surface area (Å²) >= 11 is 0. The molecule has 2 rings (SSSR count). The van der Waals surface area contributed by atoms with Crippen molar-refractivity contribution in [1.82, 2.24) is 20.4 Å². The molecule has 2 fully saturated rings. The molecule has 0 aromatic carbocycles. The van der Waals surface area contributed by atoms with Crippen LogP contribution in [0.5, 0.6) is 0 Å². The summed E-state index contributed by atoms with van der Waals surface area (Å²) in [5.41, 5.74) is -0.441. The van der Waals surface area contributed by atoms with E-state index in [0.29, 0.717) is 0 Å². The lowest BCUT2D eigenvalue weighted by Crippen LogP contribution is -2.50. The molecule has 2 saturated heterocycles. The Labute approximate surface area is 211 Å². The van der Waals surface area contributed by atoms with Crippen molar-refractivity contribution in [2.75, 3.05) is 72.2 Å². The molecule has 2 heterocycles. The molecule has 0 aromatic heterocycles. The van der Waals surface area contributed by atoms with Crippen molar-refractivity contribution in [3.05, 3.63) is 0 Å². The number of hydrogen-bond acceptors (Lipinski definition) is 6. The summed E-state index contributed by atoms with van der Waals surface area (Å²) in [6.45, 7) is 16.7. The Hall–Kier alpha value is -0.850. The lowest BCUT2D eigenvalue weighted by molar-refractivity contribution is 0.0145. The second-order valence-electron chi connectivity index (χ2n) is 9.06. The SMILES string of the molecule is CCNC(=NCCCOC1CCOC1)NCCCN1CCN(C(=O)OC(C)(C)C)CC1.I. The van der Waals surface area contributed by atoms with Crippen molar-refractivity contribution < 1.29 is 19.0 Å². The molecule has 1 unspecified atom stereocenters. The van der Waals surface area contributed by atoms with Crippen molar-refractivity contribution in [3.8, 4) is 0 Å². The fourth-order valence-electron chi connectivity index (χ4n) is 3.48. The largest absolute Gasteiger partial charge is 0.444 e. The summed E-state index contributed by atoms with van der Waals surface area (Å²) in [5, 5.41) is 6.71. The summed E-state index contributed by atoms with van der Waals surface area (Å²) < 4.78 is 16.6. The van der Waals surface area contributed by atoms with Crippen molar-refractivity contribution >= 4 is 36.0 Å². The number of ether oxygens (including phenoxy) is 3. The summed E-state index contributed by atoms with van der Waals surface area (Å²) in [6.07, 6.45) is 3.00. The number of aliphatic imine (C=N–C) groups is 1. The zero-order valence-corrected chi connectivity index (χ0v) is 22.7. The molecule has 1 atom stereocenters. The average molecular weight is 570 g/mol. The first-order valence-corrected chi connectivity index (χ1v) is 11.8. The fourth-order valence-corrected chi connectivity index (χ4v) is 3.48. The normalized spacial score (nSPS) is 20.1. The standard InChI is InChI=1S/C22H43N5O4.HI/c1-5-23-20(25-10-7-16-30-19-8-17-29-18-19)24-9-6-11-26-12-14-27(15-13-26)21(28)31-22(2,3)4;/h19H,5-18H2,1-4H3,(H2,23,24,25);1H. The molecule has 2 N–H and O–H groups in total. The van der Waals surface area contributed by atoms with Crippen LogP contribution in [0, 0.1) is 0 Å². The smallest absolute Gasteiger partial charge is 0.410 e. The number of amides is 1. The number of hydrogen-bond donors (Lipinski definition) is 2. The fraction of sp³-hybridized carbons (Fsp3) is 0.909. The van der Waals surface area contributed by atoms with Gasteiger partial charge in [-0.3, -0.25) is 9.89 Å². The quantitative estimate of drug-likeness (QED) is 0.181. The highest BCUT2D eigenvalue weighted by atomic mass is 127. The molecule has 0 spiro atoms. The highest BCUT2D eigenvalue weighted by molar-refractivity contribution is 14.0. The van der Waals surface area contributed by atoms with Crippen LogP contribution in [0.4, 0.5) is 4.79 Å². The maximum Gasteiger partial charge on any atom is 0.410 e. The molecule has 0 radical (unpaired) electrons. The summed E-state index contributed by atoms with van der Waals surface area (Å²) in [6, 6.07) is 0. The maximum atomic E-state index is 12.2. The molecule has 2 aliphatic rings. The van der Waals surface area contributed by atoms with Gasteiger partial charge in [0.25, 0.3) is 0 Å². The van der Waals surface area contributed by atoms with E-state index in [4.69, 9.17) is 14.2 Å². The van der Waals surface area contributed by atoms with Gasteiger partial charge in [-0.25, -0.2) is 4.79 Å². The Kier molecular flexibility index (Phi) is 14.5. The topological polar surface area (TPSA) is 87.7 Å². The predicted molar refractivity (Wildman–Crippen MR) is 138 cm³/mol. The Morgan fingerprint density at radius 2 is 1.91 bits per heavy atom. The zero-order valence-electron chi connectivity index (χ0n) is 20.4. The van der Waals surface area contributed by atoms with E-state index in [1.54, 1.807) is 4.90 Å². The highest BCUT2D eigenvalue weighted by Gasteiger charge is 2.25. The van der Waals surface area contributed by atoms with E-state index < -0.39 is 5.60 Å². The van der Waals surface area contributed by atoms with Gasteiger partial charge < -0.3 is 29.7 Å². The van der Waals surface area contributed by atoms with E-state index in [0.717, 1.165) is 97.4 Å². The van der Waals surface area contributed by atoms with Crippen LogP contribution in [0.3, 0.4) is 0 Å². The van der Waals surface area contributed by atoms with Gasteiger partial charge in [-0.15, -0.1) is 24.0 Å². The number of guanidine groups is 1. The number of carbonyl (C=O) groups excluding carboxylic acids is 1. The molecule has 32 heavy (non-hydrogen) atoms. The van der Waals surface area contributed by atoms with Gasteiger partial charge in [-0.05, 0) is 53.5 Å². The lowest BCUT2D eigenvalue weighted by atomic mass is 10.2. The third-order valence-electron chi connectivity index (χ3n) is 5.13. The Morgan fingerprint density at radius 1 is 1.16 bits per heavy atom. The Bertz CT molecular complexity index is 545. The first-order chi connectivity index (χ1) is 14.9. The number of nitrogens with one attached hydrogen (secondary N) is 2. The molecular formula is C22H44IN5O4. The number of carbonyl (C=O) groups is 1. The number of halogens is 1. The van der Waals surface area contributed by atoms with Crippen LogP contribution >= 0.6 is 24.0 Å². The van der Waals surface area contributed by atoms with Crippen molar-refractivity contribution in [3.63, 3.8) is 0 Å². The second kappa shape index (κ2) is 15.9. The molecule has 0 aromatic rings. The van der Waals surface area contributed by atoms with E-state index in [1.165, 1.54) is 0 Å². The maximum absolute atomic E-state index is 12.2. The predicted octanol–water partition coefficient (Wildman–Crippen LogP) is 2.30. The third-order valence-corrected chi connectivity index (χ3v) is 5.13. The van der Waals surface area contributed by atoms with Gasteiger partial charge in [0.2, 0.25) is 0 Å². The first-order valence-electron chi connectivity index (χ1n) is 11.8. The number of nitrogens with zero attached hydrogens (tertiary/aromatic N) is 3. The lowest BCUT2D eigenvalue weighted by Gasteiger charge is -2.35. The molecule has 10 heteroatoms. The van der Waals surface area contributed by atoms with E-state index in [9.17, 15) is 4.79 Å². The third kappa shape index (κ3) is 12.4. The van der Waals surface area contributed by atoms with Crippen LogP contribution in [0.15, 0.2) is 4.99 Å². The van der Waals surface area contributed by atoms with Gasteiger partial charge >= 0.3 is 6.09 Å². The van der Waals surface area contributed by atoms with E-state index in [-0.39, 0.29) is 36.2 Å². The van der Waals surface area contributed by atoms with Gasteiger partial charge in [-0.2, -0.15) is 0 Å². The Balaban J connectivity index is 0.00000512. The summed E-state index contributed by atoms with van der Waals surface area (Å²) in [7, 11) is 0. The monoisotopic (exact) mass is 569 g/mol.